The highest BCUT2D eigenvalue weighted by Crippen LogP contribution is 2.32. The van der Waals surface area contributed by atoms with Crippen LogP contribution in [0, 0.1) is 6.92 Å². The molecule has 5 nitrogen and oxygen atoms in total. The third kappa shape index (κ3) is 3.59. The Morgan fingerprint density at radius 3 is 2.28 bits per heavy atom. The molecule has 3 aromatic carbocycles. The summed E-state index contributed by atoms with van der Waals surface area (Å²) in [5.41, 5.74) is 6.77. The zero-order valence-electron chi connectivity index (χ0n) is 16.8. The molecule has 0 radical (unpaired) electrons. The van der Waals surface area contributed by atoms with Gasteiger partial charge in [0.05, 0.1) is 13.7 Å². The number of nitrogens with zero attached hydrogens (tertiary/aromatic N) is 3. The summed E-state index contributed by atoms with van der Waals surface area (Å²) >= 11 is 0. The molecule has 0 saturated carbocycles. The van der Waals surface area contributed by atoms with Gasteiger partial charge in [-0.15, -0.1) is 5.10 Å². The van der Waals surface area contributed by atoms with Crippen LogP contribution in [0.4, 0.5) is 0 Å². The average Bonchev–Trinajstić information content (AvgIpc) is 3.02. The van der Waals surface area contributed by atoms with Crippen LogP contribution in [0.15, 0.2) is 77.6 Å². The van der Waals surface area contributed by atoms with Gasteiger partial charge in [0, 0.05) is 7.05 Å². The van der Waals surface area contributed by atoms with Crippen LogP contribution in [0.1, 0.15) is 11.1 Å². The standard InChI is InChI=1S/C24H23N3O2/c1-17-21(19-10-5-4-6-11-19)13-8-14-22(17)20-12-7-9-18(15-20)16-27-23(29-3)25-26(2)24(27)28/h4-15H,16H2,1-3H3. The second-order valence-corrected chi connectivity index (χ2v) is 7.02. The van der Waals surface area contributed by atoms with E-state index in [1.54, 1.807) is 7.05 Å². The summed E-state index contributed by atoms with van der Waals surface area (Å²) in [5.74, 6) is 0. The van der Waals surface area contributed by atoms with Crippen molar-refractivity contribution < 1.29 is 4.74 Å². The number of ether oxygens (including phenoxy) is 1. The molecule has 0 aliphatic heterocycles. The van der Waals surface area contributed by atoms with Crippen LogP contribution in [0.5, 0.6) is 6.01 Å². The molecular formula is C24H23N3O2. The molecule has 1 aromatic heterocycles. The normalized spacial score (nSPS) is 10.9. The van der Waals surface area contributed by atoms with Gasteiger partial charge in [-0.2, -0.15) is 0 Å². The topological polar surface area (TPSA) is 49.1 Å². The molecule has 0 aliphatic rings. The van der Waals surface area contributed by atoms with Gasteiger partial charge in [-0.3, -0.25) is 0 Å². The van der Waals surface area contributed by atoms with Gasteiger partial charge in [0.15, 0.2) is 0 Å². The van der Waals surface area contributed by atoms with E-state index in [9.17, 15) is 4.79 Å². The second kappa shape index (κ2) is 7.80. The first kappa shape index (κ1) is 18.7. The number of aryl methyl sites for hydroxylation is 1. The van der Waals surface area contributed by atoms with Crippen LogP contribution < -0.4 is 10.4 Å². The summed E-state index contributed by atoms with van der Waals surface area (Å²) in [6, 6.07) is 25.3. The van der Waals surface area contributed by atoms with Crippen LogP contribution >= 0.6 is 0 Å². The van der Waals surface area contributed by atoms with Crippen LogP contribution in [-0.2, 0) is 13.6 Å². The van der Waals surface area contributed by atoms with Gasteiger partial charge in [-0.05, 0) is 46.4 Å². The van der Waals surface area contributed by atoms with Crippen molar-refractivity contribution in [3.8, 4) is 28.3 Å². The number of aromatic nitrogens is 3. The molecule has 0 spiro atoms. The molecular weight excluding hydrogens is 362 g/mol. The summed E-state index contributed by atoms with van der Waals surface area (Å²) in [6.45, 7) is 2.56. The molecule has 0 aliphatic carbocycles. The first-order valence-electron chi connectivity index (χ1n) is 9.50. The first-order valence-corrected chi connectivity index (χ1v) is 9.50. The zero-order valence-corrected chi connectivity index (χ0v) is 16.8. The predicted molar refractivity (Wildman–Crippen MR) is 115 cm³/mol. The number of rotatable bonds is 5. The molecule has 0 N–H and O–H groups in total. The Morgan fingerprint density at radius 1 is 0.897 bits per heavy atom. The Balaban J connectivity index is 1.73. The van der Waals surface area contributed by atoms with Crippen molar-refractivity contribution in [1.29, 1.82) is 0 Å². The van der Waals surface area contributed by atoms with E-state index >= 15 is 0 Å². The molecule has 0 unspecified atom stereocenters. The van der Waals surface area contributed by atoms with E-state index in [-0.39, 0.29) is 5.69 Å². The van der Waals surface area contributed by atoms with Crippen molar-refractivity contribution in [3.63, 3.8) is 0 Å². The molecule has 4 aromatic rings. The van der Waals surface area contributed by atoms with E-state index in [1.807, 2.05) is 18.2 Å². The van der Waals surface area contributed by atoms with Crippen LogP contribution in [0.25, 0.3) is 22.3 Å². The smallest absolute Gasteiger partial charge is 0.348 e. The Kier molecular flexibility index (Phi) is 5.04. The number of methoxy groups -OCH3 is 1. The van der Waals surface area contributed by atoms with E-state index in [2.05, 4.69) is 66.6 Å². The van der Waals surface area contributed by atoms with Crippen molar-refractivity contribution in [2.75, 3.05) is 7.11 Å². The minimum absolute atomic E-state index is 0.200. The molecule has 29 heavy (non-hydrogen) atoms. The molecule has 1 heterocycles. The lowest BCUT2D eigenvalue weighted by atomic mass is 9.92. The number of benzene rings is 3. The van der Waals surface area contributed by atoms with E-state index < -0.39 is 0 Å². The van der Waals surface area contributed by atoms with Gasteiger partial charge in [-0.25, -0.2) is 14.0 Å². The lowest BCUT2D eigenvalue weighted by Crippen LogP contribution is -2.23. The summed E-state index contributed by atoms with van der Waals surface area (Å²) in [7, 11) is 3.14. The number of hydrogen-bond acceptors (Lipinski definition) is 3. The quantitative estimate of drug-likeness (QED) is 0.515. The Labute approximate surface area is 169 Å². The molecule has 0 atom stereocenters. The van der Waals surface area contributed by atoms with Gasteiger partial charge in [0.25, 0.3) is 0 Å². The van der Waals surface area contributed by atoms with E-state index in [1.165, 1.54) is 38.6 Å². The van der Waals surface area contributed by atoms with Crippen molar-refractivity contribution in [2.45, 2.75) is 13.5 Å². The van der Waals surface area contributed by atoms with Crippen molar-refractivity contribution >= 4 is 0 Å². The van der Waals surface area contributed by atoms with Crippen LogP contribution in [0.3, 0.4) is 0 Å². The molecule has 0 amide bonds. The Morgan fingerprint density at radius 2 is 1.55 bits per heavy atom. The van der Waals surface area contributed by atoms with E-state index in [0.29, 0.717) is 12.6 Å². The summed E-state index contributed by atoms with van der Waals surface area (Å²) in [5, 5.41) is 4.11. The predicted octanol–water partition coefficient (Wildman–Crippen LogP) is 4.28. The SMILES string of the molecule is COc1nn(C)c(=O)n1Cc1cccc(-c2cccc(-c3ccccc3)c2C)c1. The summed E-state index contributed by atoms with van der Waals surface area (Å²) < 4.78 is 8.07. The van der Waals surface area contributed by atoms with Crippen molar-refractivity contribution in [1.82, 2.24) is 14.3 Å². The van der Waals surface area contributed by atoms with Crippen molar-refractivity contribution in [3.05, 3.63) is 94.4 Å². The third-order valence-electron chi connectivity index (χ3n) is 5.15. The van der Waals surface area contributed by atoms with Gasteiger partial charge in [0.1, 0.15) is 0 Å². The maximum atomic E-state index is 12.3. The highest BCUT2D eigenvalue weighted by Gasteiger charge is 2.13. The Hall–Kier alpha value is -3.60. The fourth-order valence-electron chi connectivity index (χ4n) is 3.67. The maximum absolute atomic E-state index is 12.3. The minimum atomic E-state index is -0.200. The van der Waals surface area contributed by atoms with Crippen LogP contribution in [0.2, 0.25) is 0 Å². The van der Waals surface area contributed by atoms with Crippen molar-refractivity contribution in [2.24, 2.45) is 7.05 Å². The van der Waals surface area contributed by atoms with Gasteiger partial charge < -0.3 is 4.74 Å². The third-order valence-corrected chi connectivity index (χ3v) is 5.15. The molecule has 4 rings (SSSR count). The molecule has 0 fully saturated rings. The Bertz CT molecular complexity index is 1210. The lowest BCUT2D eigenvalue weighted by molar-refractivity contribution is 0.357. The first-order chi connectivity index (χ1) is 14.1. The molecule has 0 bridgehead atoms. The van der Waals surface area contributed by atoms with Gasteiger partial charge >= 0.3 is 11.7 Å². The lowest BCUT2D eigenvalue weighted by Gasteiger charge is -2.13. The number of hydrogen-bond donors (Lipinski definition) is 0. The average molecular weight is 385 g/mol. The minimum Gasteiger partial charge on any atom is -0.467 e. The highest BCUT2D eigenvalue weighted by molar-refractivity contribution is 5.78. The van der Waals surface area contributed by atoms with Gasteiger partial charge in [0.2, 0.25) is 0 Å². The van der Waals surface area contributed by atoms with E-state index in [0.717, 1.165) is 11.1 Å². The summed E-state index contributed by atoms with van der Waals surface area (Å²) in [6.07, 6.45) is 0. The van der Waals surface area contributed by atoms with Crippen LogP contribution in [-0.4, -0.2) is 21.5 Å². The monoisotopic (exact) mass is 385 g/mol. The maximum Gasteiger partial charge on any atom is 0.348 e. The highest BCUT2D eigenvalue weighted by atomic mass is 16.5. The zero-order chi connectivity index (χ0) is 20.4. The summed E-state index contributed by atoms with van der Waals surface area (Å²) in [4.78, 5) is 12.3. The van der Waals surface area contributed by atoms with Gasteiger partial charge in [-0.1, -0.05) is 66.7 Å². The fraction of sp³-hybridized carbons (Fsp3) is 0.167. The molecule has 5 heteroatoms. The van der Waals surface area contributed by atoms with E-state index in [4.69, 9.17) is 4.74 Å². The largest absolute Gasteiger partial charge is 0.467 e. The fourth-order valence-corrected chi connectivity index (χ4v) is 3.67. The molecule has 0 saturated heterocycles. The second-order valence-electron chi connectivity index (χ2n) is 7.02. The molecule has 146 valence electrons.